The zero-order valence-electron chi connectivity index (χ0n) is 15.7. The van der Waals surface area contributed by atoms with E-state index in [4.69, 9.17) is 9.47 Å². The van der Waals surface area contributed by atoms with Crippen molar-refractivity contribution in [3.63, 3.8) is 0 Å². The number of ether oxygens (including phenoxy) is 2. The predicted molar refractivity (Wildman–Crippen MR) is 111 cm³/mol. The van der Waals surface area contributed by atoms with Crippen LogP contribution in [-0.2, 0) is 11.2 Å². The van der Waals surface area contributed by atoms with Crippen LogP contribution in [0.4, 0.5) is 0 Å². The largest absolute Gasteiger partial charge is 0.495 e. The summed E-state index contributed by atoms with van der Waals surface area (Å²) in [4.78, 5) is 4.20. The highest BCUT2D eigenvalue weighted by Crippen LogP contribution is 2.67. The monoisotopic (exact) mass is 453 g/mol. The van der Waals surface area contributed by atoms with Crippen LogP contribution in [-0.4, -0.2) is 28.4 Å². The molecule has 0 radical (unpaired) electrons. The third-order valence-corrected chi connectivity index (χ3v) is 6.75. The molecule has 0 saturated heterocycles. The molecular weight excluding hydrogens is 434 g/mol. The van der Waals surface area contributed by atoms with Crippen molar-refractivity contribution in [2.75, 3.05) is 7.11 Å². The first-order valence-electron chi connectivity index (χ1n) is 9.45. The highest BCUT2D eigenvalue weighted by Gasteiger charge is 2.73. The molecule has 1 aliphatic carbocycles. The van der Waals surface area contributed by atoms with Gasteiger partial charge in [0, 0.05) is 10.4 Å². The third kappa shape index (κ3) is 2.37. The van der Waals surface area contributed by atoms with E-state index in [1.54, 1.807) is 12.4 Å². The van der Waals surface area contributed by atoms with Crippen molar-refractivity contribution in [2.24, 2.45) is 0 Å². The Hall–Kier alpha value is -2.41. The fourth-order valence-electron chi connectivity index (χ4n) is 5.01. The van der Waals surface area contributed by atoms with Gasteiger partial charge in [0.1, 0.15) is 11.5 Å². The molecule has 0 spiro atoms. The number of benzene rings is 2. The van der Waals surface area contributed by atoms with Crippen molar-refractivity contribution >= 4 is 15.9 Å². The number of fused-ring (bicyclic) bond motifs is 3. The van der Waals surface area contributed by atoms with E-state index in [0.29, 0.717) is 23.5 Å². The zero-order valence-corrected chi connectivity index (χ0v) is 17.3. The van der Waals surface area contributed by atoms with Crippen LogP contribution in [0.15, 0.2) is 71.5 Å². The minimum absolute atomic E-state index is 0.276. The normalized spacial score (nSPS) is 29.8. The summed E-state index contributed by atoms with van der Waals surface area (Å²) in [5.74, 6) is 0.549. The average Bonchev–Trinajstić information content (AvgIpc) is 3.15. The van der Waals surface area contributed by atoms with Gasteiger partial charge in [-0.1, -0.05) is 58.4 Å². The van der Waals surface area contributed by atoms with Crippen molar-refractivity contribution < 1.29 is 19.7 Å². The van der Waals surface area contributed by atoms with Crippen LogP contribution >= 0.6 is 15.9 Å². The number of hydrogen-bond donors (Lipinski definition) is 2. The van der Waals surface area contributed by atoms with Crippen molar-refractivity contribution in [3.05, 3.63) is 88.2 Å². The van der Waals surface area contributed by atoms with Gasteiger partial charge < -0.3 is 19.7 Å². The minimum Gasteiger partial charge on any atom is -0.495 e. The first-order valence-corrected chi connectivity index (χ1v) is 10.2. The Morgan fingerprint density at radius 1 is 1.10 bits per heavy atom. The lowest BCUT2D eigenvalue weighted by Crippen LogP contribution is -2.52. The first kappa shape index (κ1) is 18.6. The van der Waals surface area contributed by atoms with Gasteiger partial charge >= 0.3 is 0 Å². The molecule has 1 aliphatic heterocycles. The number of aliphatic hydroxyl groups excluding tert-OH is 1. The SMILES string of the molecule is COc1cncc2c1[C@]1(O)[C@H](O)CC(c3ccccc3)C1(c1ccc(Br)cc1)O2. The molecule has 148 valence electrons. The molecule has 0 amide bonds. The smallest absolute Gasteiger partial charge is 0.176 e. The number of pyridine rings is 1. The summed E-state index contributed by atoms with van der Waals surface area (Å²) in [5.41, 5.74) is -0.682. The maximum atomic E-state index is 12.2. The second-order valence-electron chi connectivity index (χ2n) is 7.54. The summed E-state index contributed by atoms with van der Waals surface area (Å²) in [7, 11) is 1.52. The molecule has 2 heterocycles. The van der Waals surface area contributed by atoms with Gasteiger partial charge in [0.05, 0.1) is 31.2 Å². The number of aromatic nitrogens is 1. The number of rotatable bonds is 3. The minimum atomic E-state index is -1.69. The lowest BCUT2D eigenvalue weighted by atomic mass is 9.71. The van der Waals surface area contributed by atoms with Gasteiger partial charge in [0.25, 0.3) is 0 Å². The molecule has 4 atom stereocenters. The highest BCUT2D eigenvalue weighted by atomic mass is 79.9. The number of hydrogen-bond acceptors (Lipinski definition) is 5. The maximum Gasteiger partial charge on any atom is 0.176 e. The summed E-state index contributed by atoms with van der Waals surface area (Å²) in [6.45, 7) is 0. The molecule has 29 heavy (non-hydrogen) atoms. The number of halogens is 1. The van der Waals surface area contributed by atoms with Gasteiger partial charge in [0.2, 0.25) is 0 Å². The number of aliphatic hydroxyl groups is 2. The number of nitrogens with zero attached hydrogens (tertiary/aromatic N) is 1. The van der Waals surface area contributed by atoms with Crippen LogP contribution < -0.4 is 9.47 Å². The third-order valence-electron chi connectivity index (χ3n) is 6.22. The molecule has 2 aromatic carbocycles. The molecule has 3 aromatic rings. The van der Waals surface area contributed by atoms with Crippen LogP contribution in [0.25, 0.3) is 0 Å². The summed E-state index contributed by atoms with van der Waals surface area (Å²) < 4.78 is 13.0. The van der Waals surface area contributed by atoms with Crippen molar-refractivity contribution in [3.8, 4) is 11.5 Å². The summed E-state index contributed by atoms with van der Waals surface area (Å²) >= 11 is 3.48. The quantitative estimate of drug-likeness (QED) is 0.629. The van der Waals surface area contributed by atoms with E-state index >= 15 is 0 Å². The first-order chi connectivity index (χ1) is 14.0. The Morgan fingerprint density at radius 3 is 2.52 bits per heavy atom. The van der Waals surface area contributed by atoms with Gasteiger partial charge in [0.15, 0.2) is 11.2 Å². The second-order valence-corrected chi connectivity index (χ2v) is 8.46. The second kappa shape index (κ2) is 6.55. The lowest BCUT2D eigenvalue weighted by Gasteiger charge is -2.40. The summed E-state index contributed by atoms with van der Waals surface area (Å²) in [5, 5.41) is 23.4. The van der Waals surface area contributed by atoms with E-state index in [1.165, 1.54) is 7.11 Å². The predicted octanol–water partition coefficient (Wildman–Crippen LogP) is 3.88. The molecule has 5 rings (SSSR count). The Kier molecular flexibility index (Phi) is 4.21. The van der Waals surface area contributed by atoms with Gasteiger partial charge in [-0.2, -0.15) is 0 Å². The van der Waals surface area contributed by atoms with Gasteiger partial charge in [-0.15, -0.1) is 0 Å². The van der Waals surface area contributed by atoms with E-state index in [-0.39, 0.29) is 5.92 Å². The fourth-order valence-corrected chi connectivity index (χ4v) is 5.28. The molecular formula is C23H20BrNO4. The maximum absolute atomic E-state index is 12.2. The van der Waals surface area contributed by atoms with Crippen LogP contribution in [0.2, 0.25) is 0 Å². The Bertz CT molecular complexity index is 1060. The zero-order chi connectivity index (χ0) is 20.2. The fraction of sp³-hybridized carbons (Fsp3) is 0.261. The van der Waals surface area contributed by atoms with Crippen LogP contribution in [0.1, 0.15) is 29.0 Å². The Morgan fingerprint density at radius 2 is 1.83 bits per heavy atom. The molecule has 2 unspecified atom stereocenters. The van der Waals surface area contributed by atoms with E-state index < -0.39 is 17.3 Å². The Labute approximate surface area is 177 Å². The van der Waals surface area contributed by atoms with Crippen molar-refractivity contribution in [1.29, 1.82) is 0 Å². The summed E-state index contributed by atoms with van der Waals surface area (Å²) in [6, 6.07) is 17.6. The highest BCUT2D eigenvalue weighted by molar-refractivity contribution is 9.10. The van der Waals surface area contributed by atoms with E-state index in [0.717, 1.165) is 15.6 Å². The van der Waals surface area contributed by atoms with Crippen LogP contribution in [0.5, 0.6) is 11.5 Å². The van der Waals surface area contributed by atoms with Gasteiger partial charge in [-0.25, -0.2) is 0 Å². The standard InChI is InChI=1S/C23H20BrNO4/c1-28-18-12-25-13-19-21(18)22(27)20(26)11-17(14-5-3-2-4-6-14)23(22,29-19)15-7-9-16(24)10-8-15/h2-10,12-13,17,20,26-27H,11H2,1H3/t17?,20-,22-,23?/m1/s1. The van der Waals surface area contributed by atoms with Crippen LogP contribution in [0.3, 0.4) is 0 Å². The lowest BCUT2D eigenvalue weighted by molar-refractivity contribution is -0.150. The van der Waals surface area contributed by atoms with E-state index in [9.17, 15) is 10.2 Å². The molecule has 6 heteroatoms. The van der Waals surface area contributed by atoms with E-state index in [1.807, 2.05) is 54.6 Å². The molecule has 0 bridgehead atoms. The molecule has 1 saturated carbocycles. The van der Waals surface area contributed by atoms with Crippen molar-refractivity contribution in [1.82, 2.24) is 4.98 Å². The average molecular weight is 454 g/mol. The number of methoxy groups -OCH3 is 1. The molecule has 1 fully saturated rings. The molecule has 2 N–H and O–H groups in total. The molecule has 2 aliphatic rings. The van der Waals surface area contributed by atoms with Gasteiger partial charge in [-0.05, 0) is 29.7 Å². The molecule has 1 aromatic heterocycles. The Balaban J connectivity index is 1.82. The van der Waals surface area contributed by atoms with Gasteiger partial charge in [-0.3, -0.25) is 4.98 Å². The van der Waals surface area contributed by atoms with E-state index in [2.05, 4.69) is 20.9 Å². The molecule has 5 nitrogen and oxygen atoms in total. The van der Waals surface area contributed by atoms with Crippen LogP contribution in [0, 0.1) is 0 Å². The van der Waals surface area contributed by atoms with Crippen molar-refractivity contribution in [2.45, 2.75) is 29.6 Å². The topological polar surface area (TPSA) is 71.8 Å². The summed E-state index contributed by atoms with van der Waals surface area (Å²) in [6.07, 6.45) is 2.42.